The molecule has 0 aliphatic carbocycles. The lowest BCUT2D eigenvalue weighted by Crippen LogP contribution is -2.35. The third kappa shape index (κ3) is 5.47. The molecule has 7 heteroatoms. The number of imide groups is 1. The van der Waals surface area contributed by atoms with Gasteiger partial charge in [0, 0.05) is 13.2 Å². The molecule has 2 amide bonds. The van der Waals surface area contributed by atoms with Crippen LogP contribution in [0.2, 0.25) is 0 Å². The summed E-state index contributed by atoms with van der Waals surface area (Å²) in [6.45, 7) is 4.12. The van der Waals surface area contributed by atoms with E-state index in [1.54, 1.807) is 54.2 Å². The van der Waals surface area contributed by atoms with Gasteiger partial charge in [-0.3, -0.25) is 14.9 Å². The van der Waals surface area contributed by atoms with Crippen LogP contribution < -0.4 is 10.1 Å². The third-order valence-electron chi connectivity index (χ3n) is 3.44. The van der Waals surface area contributed by atoms with Gasteiger partial charge in [0.2, 0.25) is 0 Å². The van der Waals surface area contributed by atoms with Crippen LogP contribution in [0.1, 0.15) is 34.7 Å². The van der Waals surface area contributed by atoms with Gasteiger partial charge in [0.15, 0.2) is 6.61 Å². The number of ether oxygens (including phenoxy) is 2. The summed E-state index contributed by atoms with van der Waals surface area (Å²) in [6.07, 6.45) is 1.69. The molecule has 1 N–H and O–H groups in total. The molecule has 0 aliphatic rings. The van der Waals surface area contributed by atoms with Gasteiger partial charge in [-0.1, -0.05) is 13.8 Å². The first kappa shape index (κ1) is 19.2. The molecule has 0 unspecified atom stereocenters. The van der Waals surface area contributed by atoms with Gasteiger partial charge < -0.3 is 14.0 Å². The number of aryl methyl sites for hydroxylation is 1. The first-order valence-corrected chi connectivity index (χ1v) is 8.22. The van der Waals surface area contributed by atoms with Crippen LogP contribution in [-0.4, -0.2) is 35.6 Å². The molecule has 0 aliphatic heterocycles. The molecular weight excluding hydrogens is 336 g/mol. The summed E-state index contributed by atoms with van der Waals surface area (Å²) < 4.78 is 12.0. The van der Waals surface area contributed by atoms with Crippen molar-refractivity contribution in [2.45, 2.75) is 13.8 Å². The van der Waals surface area contributed by atoms with Crippen LogP contribution in [0.25, 0.3) is 0 Å². The van der Waals surface area contributed by atoms with E-state index in [1.165, 1.54) is 0 Å². The van der Waals surface area contributed by atoms with Crippen LogP contribution in [0.15, 0.2) is 42.6 Å². The van der Waals surface area contributed by atoms with Gasteiger partial charge in [-0.2, -0.15) is 0 Å². The molecule has 26 heavy (non-hydrogen) atoms. The van der Waals surface area contributed by atoms with E-state index in [-0.39, 0.29) is 0 Å². The number of aromatic nitrogens is 1. The first-order valence-electron chi connectivity index (χ1n) is 8.22. The van der Waals surface area contributed by atoms with Crippen LogP contribution in [0.5, 0.6) is 5.75 Å². The smallest absolute Gasteiger partial charge is 0.338 e. The van der Waals surface area contributed by atoms with Gasteiger partial charge in [0.25, 0.3) is 11.8 Å². The van der Waals surface area contributed by atoms with Crippen LogP contribution in [0.4, 0.5) is 0 Å². The summed E-state index contributed by atoms with van der Waals surface area (Å²) in [5, 5.41) is 2.17. The van der Waals surface area contributed by atoms with Crippen molar-refractivity contribution in [1.82, 2.24) is 9.88 Å². The van der Waals surface area contributed by atoms with Crippen molar-refractivity contribution in [2.75, 3.05) is 13.2 Å². The standard InChI is InChI=1S/C19H22N2O5/c1-13(2)11-25-15-8-6-14(7-9-15)19(24)26-12-17(22)20-18(23)16-5-4-10-21(16)3/h4-10,13H,11-12H2,1-3H3,(H,20,22,23). The van der Waals surface area contributed by atoms with Gasteiger partial charge in [0.1, 0.15) is 11.4 Å². The Labute approximate surface area is 151 Å². The van der Waals surface area contributed by atoms with Crippen molar-refractivity contribution >= 4 is 17.8 Å². The molecule has 0 saturated carbocycles. The van der Waals surface area contributed by atoms with Gasteiger partial charge in [-0.25, -0.2) is 4.79 Å². The molecule has 2 aromatic rings. The van der Waals surface area contributed by atoms with Crippen LogP contribution in [-0.2, 0) is 16.6 Å². The number of amides is 2. The topological polar surface area (TPSA) is 86.6 Å². The average Bonchev–Trinajstić information content (AvgIpc) is 3.04. The number of benzene rings is 1. The molecule has 0 spiro atoms. The van der Waals surface area contributed by atoms with Crippen molar-refractivity contribution in [1.29, 1.82) is 0 Å². The Bertz CT molecular complexity index is 777. The molecule has 1 aromatic heterocycles. The minimum absolute atomic E-state index is 0.295. The predicted molar refractivity (Wildman–Crippen MR) is 94.9 cm³/mol. The molecule has 0 saturated heterocycles. The number of nitrogens with one attached hydrogen (secondary N) is 1. The number of nitrogens with zero attached hydrogens (tertiary/aromatic N) is 1. The fraction of sp³-hybridized carbons (Fsp3) is 0.316. The number of rotatable bonds is 7. The second-order valence-electron chi connectivity index (χ2n) is 6.19. The highest BCUT2D eigenvalue weighted by molar-refractivity contribution is 6.04. The van der Waals surface area contributed by atoms with E-state index in [0.29, 0.717) is 29.5 Å². The summed E-state index contributed by atoms with van der Waals surface area (Å²) >= 11 is 0. The number of carbonyl (C=O) groups excluding carboxylic acids is 3. The number of hydrogen-bond donors (Lipinski definition) is 1. The van der Waals surface area contributed by atoms with Gasteiger partial charge in [0.05, 0.1) is 12.2 Å². The highest BCUT2D eigenvalue weighted by atomic mass is 16.5. The lowest BCUT2D eigenvalue weighted by atomic mass is 10.2. The van der Waals surface area contributed by atoms with Crippen LogP contribution in [0.3, 0.4) is 0 Å². The number of esters is 1. The largest absolute Gasteiger partial charge is 0.493 e. The third-order valence-corrected chi connectivity index (χ3v) is 3.44. The van der Waals surface area contributed by atoms with E-state index >= 15 is 0 Å². The second-order valence-corrected chi connectivity index (χ2v) is 6.19. The molecule has 2 rings (SSSR count). The number of hydrogen-bond acceptors (Lipinski definition) is 5. The normalized spacial score (nSPS) is 10.5. The van der Waals surface area contributed by atoms with Crippen LogP contribution in [0, 0.1) is 5.92 Å². The van der Waals surface area contributed by atoms with E-state index in [9.17, 15) is 14.4 Å². The molecule has 138 valence electrons. The molecule has 0 bridgehead atoms. The van der Waals surface area contributed by atoms with Crippen LogP contribution >= 0.6 is 0 Å². The summed E-state index contributed by atoms with van der Waals surface area (Å²) in [4.78, 5) is 35.6. The maximum Gasteiger partial charge on any atom is 0.338 e. The van der Waals surface area contributed by atoms with E-state index in [2.05, 4.69) is 5.32 Å². The Morgan fingerprint density at radius 2 is 1.81 bits per heavy atom. The Morgan fingerprint density at radius 1 is 1.12 bits per heavy atom. The van der Waals surface area contributed by atoms with Gasteiger partial charge in [-0.15, -0.1) is 0 Å². The zero-order chi connectivity index (χ0) is 19.1. The molecule has 1 aromatic carbocycles. The van der Waals surface area contributed by atoms with E-state index in [0.717, 1.165) is 0 Å². The Balaban J connectivity index is 1.81. The quantitative estimate of drug-likeness (QED) is 0.767. The molecule has 0 fully saturated rings. The first-order chi connectivity index (χ1) is 12.4. The highest BCUT2D eigenvalue weighted by Crippen LogP contribution is 2.14. The van der Waals surface area contributed by atoms with Crippen molar-refractivity contribution in [3.05, 3.63) is 53.9 Å². The molecule has 1 heterocycles. The minimum Gasteiger partial charge on any atom is -0.493 e. The summed E-state index contributed by atoms with van der Waals surface area (Å²) in [5.74, 6) is -0.842. The number of carbonyl (C=O) groups is 3. The zero-order valence-corrected chi connectivity index (χ0v) is 15.0. The van der Waals surface area contributed by atoms with Crippen molar-refractivity contribution in [3.8, 4) is 5.75 Å². The predicted octanol–water partition coefficient (Wildman–Crippen LogP) is 2.17. The monoisotopic (exact) mass is 358 g/mol. The summed E-state index contributed by atoms with van der Waals surface area (Å²) in [7, 11) is 1.69. The van der Waals surface area contributed by atoms with Crippen molar-refractivity contribution < 1.29 is 23.9 Å². The second kappa shape index (κ2) is 8.84. The SMILES string of the molecule is CC(C)COc1ccc(C(=O)OCC(=O)NC(=O)c2cccn2C)cc1. The fourth-order valence-electron chi connectivity index (χ4n) is 2.09. The molecule has 0 atom stereocenters. The zero-order valence-electron chi connectivity index (χ0n) is 15.0. The Hall–Kier alpha value is -3.09. The Kier molecular flexibility index (Phi) is 6.54. The van der Waals surface area contributed by atoms with Gasteiger partial charge >= 0.3 is 5.97 Å². The molecule has 0 radical (unpaired) electrons. The average molecular weight is 358 g/mol. The van der Waals surface area contributed by atoms with E-state index < -0.39 is 24.4 Å². The molecule has 7 nitrogen and oxygen atoms in total. The Morgan fingerprint density at radius 3 is 2.38 bits per heavy atom. The maximum absolute atomic E-state index is 12.0. The van der Waals surface area contributed by atoms with Gasteiger partial charge in [-0.05, 0) is 42.3 Å². The maximum atomic E-state index is 12.0. The lowest BCUT2D eigenvalue weighted by Gasteiger charge is -2.09. The fourth-order valence-corrected chi connectivity index (χ4v) is 2.09. The van der Waals surface area contributed by atoms with E-state index in [1.807, 2.05) is 13.8 Å². The summed E-state index contributed by atoms with van der Waals surface area (Å²) in [6, 6.07) is 9.72. The molecular formula is C19H22N2O5. The lowest BCUT2D eigenvalue weighted by molar-refractivity contribution is -0.123. The van der Waals surface area contributed by atoms with Crippen molar-refractivity contribution in [3.63, 3.8) is 0 Å². The van der Waals surface area contributed by atoms with E-state index in [4.69, 9.17) is 9.47 Å². The highest BCUT2D eigenvalue weighted by Gasteiger charge is 2.15. The van der Waals surface area contributed by atoms with Crippen molar-refractivity contribution in [2.24, 2.45) is 13.0 Å². The minimum atomic E-state index is -0.693. The summed E-state index contributed by atoms with van der Waals surface area (Å²) in [5.41, 5.74) is 0.630.